The van der Waals surface area contributed by atoms with Gasteiger partial charge < -0.3 is 20.1 Å². The number of carbonyl (C=O) groups excluding carboxylic acids is 2. The second-order valence-corrected chi connectivity index (χ2v) is 7.22. The Morgan fingerprint density at radius 2 is 1.77 bits per heavy atom. The molecule has 0 bridgehead atoms. The number of halogens is 2. The van der Waals surface area contributed by atoms with E-state index in [1.165, 1.54) is 14.2 Å². The van der Waals surface area contributed by atoms with Gasteiger partial charge in [0.2, 0.25) is 0 Å². The fourth-order valence-electron chi connectivity index (χ4n) is 2.08. The van der Waals surface area contributed by atoms with E-state index in [1.807, 2.05) is 0 Å². The van der Waals surface area contributed by atoms with Crippen molar-refractivity contribution >= 4 is 74.5 Å². The Hall–Kier alpha value is -1.87. The summed E-state index contributed by atoms with van der Waals surface area (Å²) in [6, 6.07) is 4.89. The molecule has 26 heavy (non-hydrogen) atoms. The third-order valence-corrected chi connectivity index (χ3v) is 5.25. The second kappa shape index (κ2) is 8.68. The zero-order valence-corrected chi connectivity index (χ0v) is 17.1. The minimum atomic E-state index is -0.594. The maximum atomic E-state index is 12.1. The Balaban J connectivity index is 2.31. The van der Waals surface area contributed by atoms with Crippen molar-refractivity contribution in [1.29, 1.82) is 0 Å². The SMILES string of the molecule is COC(=O)c1sc(NC(=S)Nc2ccc(Cl)cc2Cl)c(C(=O)OC)c1C. The summed E-state index contributed by atoms with van der Waals surface area (Å²) in [5, 5.41) is 7.21. The van der Waals surface area contributed by atoms with Crippen molar-refractivity contribution in [3.8, 4) is 0 Å². The lowest BCUT2D eigenvalue weighted by atomic mass is 10.1. The molecule has 0 radical (unpaired) electrons. The van der Waals surface area contributed by atoms with E-state index in [0.29, 0.717) is 26.3 Å². The van der Waals surface area contributed by atoms with Crippen LogP contribution in [0.1, 0.15) is 25.6 Å². The molecule has 0 aliphatic heterocycles. The highest BCUT2D eigenvalue weighted by atomic mass is 35.5. The molecule has 0 fully saturated rings. The predicted molar refractivity (Wildman–Crippen MR) is 108 cm³/mol. The number of benzene rings is 1. The molecule has 0 saturated carbocycles. The van der Waals surface area contributed by atoms with E-state index in [9.17, 15) is 9.59 Å². The van der Waals surface area contributed by atoms with E-state index in [1.54, 1.807) is 25.1 Å². The van der Waals surface area contributed by atoms with Gasteiger partial charge in [0.05, 0.1) is 30.5 Å². The van der Waals surface area contributed by atoms with Gasteiger partial charge in [0.25, 0.3) is 0 Å². The van der Waals surface area contributed by atoms with Gasteiger partial charge in [-0.05, 0) is 42.9 Å². The van der Waals surface area contributed by atoms with Crippen LogP contribution < -0.4 is 10.6 Å². The number of anilines is 2. The molecular weight excluding hydrogens is 419 g/mol. The molecule has 0 atom stereocenters. The Morgan fingerprint density at radius 1 is 1.12 bits per heavy atom. The van der Waals surface area contributed by atoms with E-state index < -0.39 is 11.9 Å². The standard InChI is InChI=1S/C16H14Cl2N2O4S2/c1-7-11(14(21)23-2)13(26-12(7)15(22)24-3)20-16(25)19-10-5-4-8(17)6-9(10)18/h4-6H,1-3H3,(H2,19,20,25). The maximum absolute atomic E-state index is 12.1. The quantitative estimate of drug-likeness (QED) is 0.533. The predicted octanol–water partition coefficient (Wildman–Crippen LogP) is 4.75. The highest BCUT2D eigenvalue weighted by Crippen LogP contribution is 2.34. The topological polar surface area (TPSA) is 76.7 Å². The molecule has 0 spiro atoms. The first kappa shape index (κ1) is 20.4. The van der Waals surface area contributed by atoms with Gasteiger partial charge in [0.1, 0.15) is 9.88 Å². The van der Waals surface area contributed by atoms with Gasteiger partial charge in [-0.3, -0.25) is 0 Å². The highest BCUT2D eigenvalue weighted by Gasteiger charge is 2.26. The molecule has 138 valence electrons. The van der Waals surface area contributed by atoms with E-state index in [-0.39, 0.29) is 15.6 Å². The Bertz CT molecular complexity index is 883. The van der Waals surface area contributed by atoms with Gasteiger partial charge in [-0.1, -0.05) is 23.2 Å². The first-order valence-electron chi connectivity index (χ1n) is 7.11. The Kier molecular flexibility index (Phi) is 6.82. The van der Waals surface area contributed by atoms with Crippen molar-refractivity contribution in [2.45, 2.75) is 6.92 Å². The molecule has 0 saturated heterocycles. The van der Waals surface area contributed by atoms with Crippen molar-refractivity contribution in [3.05, 3.63) is 44.2 Å². The van der Waals surface area contributed by atoms with Gasteiger partial charge in [-0.2, -0.15) is 0 Å². The fourth-order valence-corrected chi connectivity index (χ4v) is 3.93. The van der Waals surface area contributed by atoms with Crippen LogP contribution in [0, 0.1) is 6.92 Å². The number of carbonyl (C=O) groups is 2. The molecule has 1 heterocycles. The van der Waals surface area contributed by atoms with Gasteiger partial charge in [0.15, 0.2) is 5.11 Å². The van der Waals surface area contributed by atoms with Crippen molar-refractivity contribution in [3.63, 3.8) is 0 Å². The normalized spacial score (nSPS) is 10.2. The summed E-state index contributed by atoms with van der Waals surface area (Å²) in [4.78, 5) is 24.3. The zero-order valence-electron chi connectivity index (χ0n) is 13.9. The monoisotopic (exact) mass is 432 g/mol. The summed E-state index contributed by atoms with van der Waals surface area (Å²) in [6.45, 7) is 1.63. The minimum Gasteiger partial charge on any atom is -0.465 e. The number of hydrogen-bond acceptors (Lipinski definition) is 6. The molecule has 6 nitrogen and oxygen atoms in total. The lowest BCUT2D eigenvalue weighted by molar-refractivity contribution is 0.0601. The molecule has 0 aliphatic carbocycles. The van der Waals surface area contributed by atoms with Crippen LogP contribution in [-0.2, 0) is 9.47 Å². The summed E-state index contributed by atoms with van der Waals surface area (Å²) < 4.78 is 9.53. The van der Waals surface area contributed by atoms with E-state index in [2.05, 4.69) is 10.6 Å². The Labute approximate surface area is 169 Å². The van der Waals surface area contributed by atoms with Gasteiger partial charge in [0, 0.05) is 5.02 Å². The summed E-state index contributed by atoms with van der Waals surface area (Å²) in [7, 11) is 2.52. The molecule has 0 unspecified atom stereocenters. The second-order valence-electron chi connectivity index (χ2n) is 4.95. The Morgan fingerprint density at radius 3 is 2.35 bits per heavy atom. The van der Waals surface area contributed by atoms with E-state index >= 15 is 0 Å². The van der Waals surface area contributed by atoms with Crippen molar-refractivity contribution in [1.82, 2.24) is 0 Å². The van der Waals surface area contributed by atoms with Crippen LogP contribution in [-0.4, -0.2) is 31.3 Å². The molecule has 0 aliphatic rings. The minimum absolute atomic E-state index is 0.178. The number of ether oxygens (including phenoxy) is 2. The molecule has 1 aromatic heterocycles. The van der Waals surface area contributed by atoms with Gasteiger partial charge in [-0.25, -0.2) is 9.59 Å². The number of thiocarbonyl (C=S) groups is 1. The number of esters is 2. The molecule has 2 rings (SSSR count). The molecule has 10 heteroatoms. The third-order valence-electron chi connectivity index (χ3n) is 3.31. The van der Waals surface area contributed by atoms with Crippen LogP contribution in [0.5, 0.6) is 0 Å². The maximum Gasteiger partial charge on any atom is 0.348 e. The third kappa shape index (κ3) is 4.45. The molecule has 1 aromatic carbocycles. The number of hydrogen-bond donors (Lipinski definition) is 2. The van der Waals surface area contributed by atoms with Crippen LogP contribution in [0.25, 0.3) is 0 Å². The molecular formula is C16H14Cl2N2O4S2. The molecule has 2 aromatic rings. The van der Waals surface area contributed by atoms with Crippen LogP contribution in [0.3, 0.4) is 0 Å². The lowest BCUT2D eigenvalue weighted by Gasteiger charge is -2.12. The first-order chi connectivity index (χ1) is 12.3. The average molecular weight is 433 g/mol. The number of thiophene rings is 1. The van der Waals surface area contributed by atoms with Crippen molar-refractivity contribution in [2.24, 2.45) is 0 Å². The number of rotatable bonds is 4. The van der Waals surface area contributed by atoms with Crippen LogP contribution in [0.4, 0.5) is 10.7 Å². The number of methoxy groups -OCH3 is 2. The van der Waals surface area contributed by atoms with Crippen LogP contribution >= 0.6 is 46.8 Å². The summed E-state index contributed by atoms with van der Waals surface area (Å²) in [5.41, 5.74) is 1.20. The van der Waals surface area contributed by atoms with Crippen molar-refractivity contribution < 1.29 is 19.1 Å². The smallest absolute Gasteiger partial charge is 0.348 e. The average Bonchev–Trinajstić information content (AvgIpc) is 2.92. The van der Waals surface area contributed by atoms with E-state index in [0.717, 1.165) is 11.3 Å². The molecule has 0 amide bonds. The largest absolute Gasteiger partial charge is 0.465 e. The summed E-state index contributed by atoms with van der Waals surface area (Å²) >= 11 is 18.3. The van der Waals surface area contributed by atoms with Gasteiger partial charge >= 0.3 is 11.9 Å². The van der Waals surface area contributed by atoms with Gasteiger partial charge in [-0.15, -0.1) is 11.3 Å². The lowest BCUT2D eigenvalue weighted by Crippen LogP contribution is -2.20. The first-order valence-corrected chi connectivity index (χ1v) is 9.09. The van der Waals surface area contributed by atoms with Crippen LogP contribution in [0.15, 0.2) is 18.2 Å². The summed E-state index contributed by atoms with van der Waals surface area (Å²) in [6.07, 6.45) is 0. The highest BCUT2D eigenvalue weighted by molar-refractivity contribution is 7.80. The summed E-state index contributed by atoms with van der Waals surface area (Å²) in [5.74, 6) is -1.14. The van der Waals surface area contributed by atoms with E-state index in [4.69, 9.17) is 44.9 Å². The molecule has 2 N–H and O–H groups in total. The van der Waals surface area contributed by atoms with Crippen molar-refractivity contribution in [2.75, 3.05) is 24.9 Å². The fraction of sp³-hybridized carbons (Fsp3) is 0.188. The van der Waals surface area contributed by atoms with Crippen LogP contribution in [0.2, 0.25) is 10.0 Å². The zero-order chi connectivity index (χ0) is 19.4. The number of nitrogens with one attached hydrogen (secondary N) is 2.